The van der Waals surface area contributed by atoms with Crippen molar-refractivity contribution in [3.63, 3.8) is 0 Å². The molecule has 1 saturated heterocycles. The highest BCUT2D eigenvalue weighted by molar-refractivity contribution is 5.94. The van der Waals surface area contributed by atoms with Crippen LogP contribution in [0.4, 0.5) is 14.6 Å². The molecule has 0 radical (unpaired) electrons. The van der Waals surface area contributed by atoms with E-state index in [-0.39, 0.29) is 37.2 Å². The zero-order valence-corrected chi connectivity index (χ0v) is 9.25. The maximum Gasteiger partial charge on any atom is 0.228 e. The first-order chi connectivity index (χ1) is 8.61. The van der Waals surface area contributed by atoms with Crippen LogP contribution < -0.4 is 4.90 Å². The van der Waals surface area contributed by atoms with E-state index in [4.69, 9.17) is 5.53 Å². The van der Waals surface area contributed by atoms with Gasteiger partial charge >= 0.3 is 0 Å². The number of azide groups is 1. The van der Waals surface area contributed by atoms with Gasteiger partial charge < -0.3 is 0 Å². The quantitative estimate of drug-likeness (QED) is 0.469. The lowest BCUT2D eigenvalue weighted by atomic mass is 10.1. The van der Waals surface area contributed by atoms with Crippen LogP contribution >= 0.6 is 0 Å². The summed E-state index contributed by atoms with van der Waals surface area (Å²) in [4.78, 5) is 19.0. The Kier molecular flexibility index (Phi) is 3.38. The number of aromatic nitrogens is 1. The number of carbonyl (C=O) groups excluding carboxylic acids is 1. The number of nitrogens with zero attached hydrogens (tertiary/aromatic N) is 5. The van der Waals surface area contributed by atoms with Gasteiger partial charge in [-0.2, -0.15) is 0 Å². The molecule has 1 aromatic heterocycles. The van der Waals surface area contributed by atoms with Crippen LogP contribution in [0.3, 0.4) is 0 Å². The highest BCUT2D eigenvalue weighted by Crippen LogP contribution is 2.25. The molecule has 1 amide bonds. The van der Waals surface area contributed by atoms with Gasteiger partial charge in [-0.05, 0) is 11.4 Å². The van der Waals surface area contributed by atoms with Gasteiger partial charge in [0.15, 0.2) is 11.6 Å². The SMILES string of the molecule is [N-]=[N+]=NCC1CC(=O)N(c2ncc(F)cc2F)C1. The first-order valence-electron chi connectivity index (χ1n) is 5.24. The molecule has 0 N–H and O–H groups in total. The molecule has 0 bridgehead atoms. The zero-order valence-electron chi connectivity index (χ0n) is 9.25. The van der Waals surface area contributed by atoms with E-state index in [1.54, 1.807) is 0 Å². The van der Waals surface area contributed by atoms with E-state index >= 15 is 0 Å². The average Bonchev–Trinajstić information content (AvgIpc) is 2.68. The molecule has 1 aromatic rings. The number of rotatable bonds is 3. The molecular formula is C10H9F2N5O. The Morgan fingerprint density at radius 3 is 3.06 bits per heavy atom. The molecule has 0 aromatic carbocycles. The van der Waals surface area contributed by atoms with Gasteiger partial charge in [-0.25, -0.2) is 13.8 Å². The van der Waals surface area contributed by atoms with Crippen molar-refractivity contribution in [3.05, 3.63) is 34.3 Å². The largest absolute Gasteiger partial charge is 0.294 e. The van der Waals surface area contributed by atoms with Gasteiger partial charge in [0, 0.05) is 30.5 Å². The minimum Gasteiger partial charge on any atom is -0.294 e. The normalized spacial score (nSPS) is 18.9. The number of hydrogen-bond donors (Lipinski definition) is 0. The lowest BCUT2D eigenvalue weighted by Crippen LogP contribution is -2.27. The van der Waals surface area contributed by atoms with E-state index in [0.29, 0.717) is 6.07 Å². The van der Waals surface area contributed by atoms with Crippen LogP contribution in [0.1, 0.15) is 6.42 Å². The van der Waals surface area contributed by atoms with Crippen LogP contribution in [-0.4, -0.2) is 24.0 Å². The molecule has 94 valence electrons. The zero-order chi connectivity index (χ0) is 13.1. The van der Waals surface area contributed by atoms with Gasteiger partial charge in [0.2, 0.25) is 5.91 Å². The lowest BCUT2D eigenvalue weighted by Gasteiger charge is -2.15. The van der Waals surface area contributed by atoms with Crippen LogP contribution in [0.5, 0.6) is 0 Å². The molecule has 6 nitrogen and oxygen atoms in total. The minimum absolute atomic E-state index is 0.164. The number of pyridine rings is 1. The highest BCUT2D eigenvalue weighted by Gasteiger charge is 2.32. The Morgan fingerprint density at radius 2 is 2.39 bits per heavy atom. The first-order valence-corrected chi connectivity index (χ1v) is 5.24. The number of hydrogen-bond acceptors (Lipinski definition) is 3. The third-order valence-electron chi connectivity index (χ3n) is 2.65. The Hall–Kier alpha value is -2.21. The van der Waals surface area contributed by atoms with Gasteiger partial charge in [-0.3, -0.25) is 9.69 Å². The fourth-order valence-corrected chi connectivity index (χ4v) is 1.87. The molecule has 2 rings (SSSR count). The smallest absolute Gasteiger partial charge is 0.228 e. The van der Waals surface area contributed by atoms with Gasteiger partial charge in [0.25, 0.3) is 0 Å². The molecule has 18 heavy (non-hydrogen) atoms. The predicted octanol–water partition coefficient (Wildman–Crippen LogP) is 2.02. The summed E-state index contributed by atoms with van der Waals surface area (Å²) in [5.74, 6) is -2.35. The van der Waals surface area contributed by atoms with E-state index < -0.39 is 11.6 Å². The number of anilines is 1. The summed E-state index contributed by atoms with van der Waals surface area (Å²) in [5.41, 5.74) is 8.20. The molecule has 0 spiro atoms. The van der Waals surface area contributed by atoms with Gasteiger partial charge in [0.05, 0.1) is 6.20 Å². The fourth-order valence-electron chi connectivity index (χ4n) is 1.87. The van der Waals surface area contributed by atoms with E-state index in [1.807, 2.05) is 0 Å². The molecule has 8 heteroatoms. The average molecular weight is 253 g/mol. The highest BCUT2D eigenvalue weighted by atomic mass is 19.1. The Morgan fingerprint density at radius 1 is 1.61 bits per heavy atom. The number of amides is 1. The Balaban J connectivity index is 2.18. The fraction of sp³-hybridized carbons (Fsp3) is 0.400. The summed E-state index contributed by atoms with van der Waals surface area (Å²) < 4.78 is 26.2. The molecule has 1 aliphatic heterocycles. The molecule has 0 aliphatic carbocycles. The van der Waals surface area contributed by atoms with E-state index in [9.17, 15) is 13.6 Å². The summed E-state index contributed by atoms with van der Waals surface area (Å²) in [7, 11) is 0. The molecule has 2 heterocycles. The first kappa shape index (κ1) is 12.3. The topological polar surface area (TPSA) is 82.0 Å². The maximum atomic E-state index is 13.5. The van der Waals surface area contributed by atoms with Crippen LogP contribution in [0.15, 0.2) is 17.4 Å². The van der Waals surface area contributed by atoms with Crippen molar-refractivity contribution in [1.82, 2.24) is 4.98 Å². The van der Waals surface area contributed by atoms with Crippen molar-refractivity contribution in [2.45, 2.75) is 6.42 Å². The monoisotopic (exact) mass is 253 g/mol. The maximum absolute atomic E-state index is 13.5. The van der Waals surface area contributed by atoms with E-state index in [2.05, 4.69) is 15.0 Å². The van der Waals surface area contributed by atoms with Crippen LogP contribution in [0.25, 0.3) is 10.4 Å². The van der Waals surface area contributed by atoms with Crippen LogP contribution in [0, 0.1) is 17.6 Å². The summed E-state index contributed by atoms with van der Waals surface area (Å²) >= 11 is 0. The van der Waals surface area contributed by atoms with Gasteiger partial charge in [-0.1, -0.05) is 5.11 Å². The Labute approximate surface area is 101 Å². The third kappa shape index (κ3) is 2.38. The lowest BCUT2D eigenvalue weighted by molar-refractivity contribution is -0.117. The summed E-state index contributed by atoms with van der Waals surface area (Å²) in [5, 5.41) is 3.38. The minimum atomic E-state index is -0.882. The Bertz CT molecular complexity index is 529. The molecule has 1 atom stereocenters. The second-order valence-corrected chi connectivity index (χ2v) is 3.95. The van der Waals surface area contributed by atoms with Crippen molar-refractivity contribution in [3.8, 4) is 0 Å². The van der Waals surface area contributed by atoms with E-state index in [1.165, 1.54) is 0 Å². The second kappa shape index (κ2) is 4.97. The summed E-state index contributed by atoms with van der Waals surface area (Å²) in [6.45, 7) is 0.384. The second-order valence-electron chi connectivity index (χ2n) is 3.95. The van der Waals surface area contributed by atoms with Crippen molar-refractivity contribution < 1.29 is 13.6 Å². The van der Waals surface area contributed by atoms with Gasteiger partial charge in [0.1, 0.15) is 5.82 Å². The standard InChI is InChI=1S/C10H9F2N5O/c11-7-2-8(12)10(14-4-7)17-5-6(1-9(17)18)3-15-16-13/h2,4,6H,1,3,5H2. The van der Waals surface area contributed by atoms with Crippen molar-refractivity contribution in [2.24, 2.45) is 11.0 Å². The molecule has 1 aliphatic rings. The summed E-state index contributed by atoms with van der Waals surface area (Å²) in [6, 6.07) is 0.677. The molecule has 1 unspecified atom stereocenters. The third-order valence-corrected chi connectivity index (χ3v) is 2.65. The number of carbonyl (C=O) groups is 1. The van der Waals surface area contributed by atoms with Crippen LogP contribution in [0.2, 0.25) is 0 Å². The molecule has 1 fully saturated rings. The van der Waals surface area contributed by atoms with Crippen molar-refractivity contribution >= 4 is 11.7 Å². The summed E-state index contributed by atoms with van der Waals surface area (Å²) in [6.07, 6.45) is 1.02. The van der Waals surface area contributed by atoms with Crippen molar-refractivity contribution in [2.75, 3.05) is 18.0 Å². The number of halogens is 2. The van der Waals surface area contributed by atoms with Crippen LogP contribution in [-0.2, 0) is 4.79 Å². The van der Waals surface area contributed by atoms with E-state index in [0.717, 1.165) is 11.1 Å². The molecule has 0 saturated carbocycles. The van der Waals surface area contributed by atoms with Gasteiger partial charge in [-0.15, -0.1) is 0 Å². The predicted molar refractivity (Wildman–Crippen MR) is 58.6 cm³/mol. The van der Waals surface area contributed by atoms with Crippen molar-refractivity contribution in [1.29, 1.82) is 0 Å². The molecular weight excluding hydrogens is 244 g/mol.